The van der Waals surface area contributed by atoms with E-state index in [0.29, 0.717) is 28.6 Å². The molecule has 1 heterocycles. The smallest absolute Gasteiger partial charge is 0.261 e. The van der Waals surface area contributed by atoms with Gasteiger partial charge in [0.25, 0.3) is 5.91 Å². The molecular formula is C30H28ClN3O4. The van der Waals surface area contributed by atoms with Crippen LogP contribution in [0.25, 0.3) is 0 Å². The Labute approximate surface area is 227 Å². The van der Waals surface area contributed by atoms with Crippen LogP contribution in [0, 0.1) is 0 Å². The number of benzene rings is 3. The maximum absolute atomic E-state index is 13.7. The normalized spacial score (nSPS) is 11.3. The van der Waals surface area contributed by atoms with Crippen molar-refractivity contribution in [2.75, 3.05) is 13.7 Å². The van der Waals surface area contributed by atoms with Crippen LogP contribution in [0.15, 0.2) is 103 Å². The number of halogens is 1. The summed E-state index contributed by atoms with van der Waals surface area (Å²) in [6.07, 6.45) is 3.34. The lowest BCUT2D eigenvalue weighted by Crippen LogP contribution is -2.45. The first-order chi connectivity index (χ1) is 18.5. The minimum Gasteiger partial charge on any atom is -0.497 e. The fourth-order valence-corrected chi connectivity index (χ4v) is 4.12. The van der Waals surface area contributed by atoms with Crippen LogP contribution in [-0.4, -0.2) is 35.4 Å². The van der Waals surface area contributed by atoms with Crippen LogP contribution in [-0.2, 0) is 22.7 Å². The summed E-state index contributed by atoms with van der Waals surface area (Å²) in [7, 11) is 1.59. The van der Waals surface area contributed by atoms with E-state index < -0.39 is 6.04 Å². The number of ether oxygens (including phenoxy) is 2. The first-order valence-corrected chi connectivity index (χ1v) is 12.4. The number of nitrogens with zero attached hydrogens (tertiary/aromatic N) is 2. The van der Waals surface area contributed by atoms with Gasteiger partial charge in [-0.25, -0.2) is 0 Å². The summed E-state index contributed by atoms with van der Waals surface area (Å²) in [4.78, 5) is 32.9. The number of nitrogens with one attached hydrogen (secondary N) is 1. The number of hydrogen-bond acceptors (Lipinski definition) is 5. The van der Waals surface area contributed by atoms with Crippen molar-refractivity contribution in [3.63, 3.8) is 0 Å². The summed E-state index contributed by atoms with van der Waals surface area (Å²) < 4.78 is 11.0. The van der Waals surface area contributed by atoms with E-state index in [1.807, 2.05) is 66.7 Å². The molecule has 8 heteroatoms. The van der Waals surface area contributed by atoms with E-state index in [4.69, 9.17) is 21.1 Å². The number of carbonyl (C=O) groups is 2. The van der Waals surface area contributed by atoms with Crippen molar-refractivity contribution >= 4 is 23.4 Å². The van der Waals surface area contributed by atoms with Crippen molar-refractivity contribution in [1.82, 2.24) is 15.2 Å². The topological polar surface area (TPSA) is 80.8 Å². The van der Waals surface area contributed by atoms with Crippen LogP contribution in [0.1, 0.15) is 22.7 Å². The zero-order valence-corrected chi connectivity index (χ0v) is 21.7. The van der Waals surface area contributed by atoms with Gasteiger partial charge >= 0.3 is 0 Å². The fraction of sp³-hybridized carbons (Fsp3) is 0.167. The highest BCUT2D eigenvalue weighted by Crippen LogP contribution is 2.27. The van der Waals surface area contributed by atoms with E-state index in [2.05, 4.69) is 10.3 Å². The van der Waals surface area contributed by atoms with Gasteiger partial charge in [0.1, 0.15) is 17.5 Å². The molecule has 0 bridgehead atoms. The number of pyridine rings is 1. The molecule has 7 nitrogen and oxygen atoms in total. The lowest BCUT2D eigenvalue weighted by atomic mass is 10.0. The zero-order chi connectivity index (χ0) is 26.7. The Morgan fingerprint density at radius 1 is 0.895 bits per heavy atom. The number of para-hydroxylation sites is 1. The molecule has 0 aliphatic rings. The summed E-state index contributed by atoms with van der Waals surface area (Å²) in [5.41, 5.74) is 2.41. The molecule has 0 spiro atoms. The summed E-state index contributed by atoms with van der Waals surface area (Å²) in [5.74, 6) is 0.412. The molecule has 2 amide bonds. The van der Waals surface area contributed by atoms with Crippen LogP contribution in [0.2, 0.25) is 5.02 Å². The molecule has 0 saturated carbocycles. The first kappa shape index (κ1) is 26.7. The van der Waals surface area contributed by atoms with E-state index in [0.717, 1.165) is 11.1 Å². The largest absolute Gasteiger partial charge is 0.497 e. The Morgan fingerprint density at radius 3 is 2.26 bits per heavy atom. The quantitative estimate of drug-likeness (QED) is 0.288. The van der Waals surface area contributed by atoms with Gasteiger partial charge in [-0.2, -0.15) is 0 Å². The molecule has 4 aromatic rings. The van der Waals surface area contributed by atoms with Gasteiger partial charge in [-0.1, -0.05) is 66.2 Å². The third-order valence-corrected chi connectivity index (χ3v) is 6.22. The van der Waals surface area contributed by atoms with Crippen molar-refractivity contribution in [2.24, 2.45) is 0 Å². The van der Waals surface area contributed by atoms with Gasteiger partial charge in [0.2, 0.25) is 5.91 Å². The Bertz CT molecular complexity index is 1330. The molecule has 194 valence electrons. The van der Waals surface area contributed by atoms with Crippen molar-refractivity contribution in [2.45, 2.75) is 19.1 Å². The number of carbonyl (C=O) groups excluding carboxylic acids is 2. The maximum Gasteiger partial charge on any atom is 0.261 e. The predicted molar refractivity (Wildman–Crippen MR) is 146 cm³/mol. The zero-order valence-electron chi connectivity index (χ0n) is 20.9. The third kappa shape index (κ3) is 7.11. The second kappa shape index (κ2) is 13.3. The van der Waals surface area contributed by atoms with Gasteiger partial charge in [-0.3, -0.25) is 14.6 Å². The van der Waals surface area contributed by atoms with Gasteiger partial charge in [0.05, 0.1) is 12.1 Å². The summed E-state index contributed by atoms with van der Waals surface area (Å²) in [6, 6.07) is 26.3. The van der Waals surface area contributed by atoms with E-state index in [9.17, 15) is 9.59 Å². The summed E-state index contributed by atoms with van der Waals surface area (Å²) in [5, 5.41) is 3.38. The Hall–Kier alpha value is -4.36. The highest BCUT2D eigenvalue weighted by Gasteiger charge is 2.32. The van der Waals surface area contributed by atoms with Crippen LogP contribution in [0.4, 0.5) is 0 Å². The van der Waals surface area contributed by atoms with Crippen LogP contribution in [0.3, 0.4) is 0 Å². The minimum absolute atomic E-state index is 0.178. The first-order valence-electron chi connectivity index (χ1n) is 12.1. The number of rotatable bonds is 11. The fourth-order valence-electron chi connectivity index (χ4n) is 3.93. The lowest BCUT2D eigenvalue weighted by Gasteiger charge is -2.31. The van der Waals surface area contributed by atoms with Crippen molar-refractivity contribution in [3.05, 3.63) is 125 Å². The summed E-state index contributed by atoms with van der Waals surface area (Å²) in [6.45, 7) is 0.184. The Balaban J connectivity index is 1.64. The predicted octanol–water partition coefficient (Wildman–Crippen LogP) is 5.21. The molecule has 0 radical (unpaired) electrons. The molecule has 0 aliphatic heterocycles. The lowest BCUT2D eigenvalue weighted by molar-refractivity contribution is -0.143. The molecule has 1 aromatic heterocycles. The molecule has 0 unspecified atom stereocenters. The molecular weight excluding hydrogens is 502 g/mol. The van der Waals surface area contributed by atoms with Gasteiger partial charge in [0.15, 0.2) is 6.61 Å². The molecule has 0 saturated heterocycles. The maximum atomic E-state index is 13.7. The molecule has 0 aliphatic carbocycles. The van der Waals surface area contributed by atoms with Gasteiger partial charge in [-0.15, -0.1) is 0 Å². The van der Waals surface area contributed by atoms with Gasteiger partial charge < -0.3 is 19.7 Å². The van der Waals surface area contributed by atoms with Crippen molar-refractivity contribution in [1.29, 1.82) is 0 Å². The van der Waals surface area contributed by atoms with E-state index in [-0.39, 0.29) is 25.0 Å². The highest BCUT2D eigenvalue weighted by atomic mass is 35.5. The SMILES string of the molecule is COc1ccc(CN(C(=O)COc2ccccc2Cl)[C@@H](C(=O)NCc2ccncc2)c2ccccc2)cc1. The van der Waals surface area contributed by atoms with Crippen molar-refractivity contribution in [3.8, 4) is 11.5 Å². The molecule has 3 aromatic carbocycles. The molecule has 4 rings (SSSR count). The number of methoxy groups -OCH3 is 1. The average Bonchev–Trinajstić information content (AvgIpc) is 2.96. The average molecular weight is 530 g/mol. The van der Waals surface area contributed by atoms with Gasteiger partial charge in [0, 0.05) is 25.5 Å². The Morgan fingerprint density at radius 2 is 1.58 bits per heavy atom. The van der Waals surface area contributed by atoms with E-state index in [1.165, 1.54) is 4.90 Å². The number of aromatic nitrogens is 1. The highest BCUT2D eigenvalue weighted by molar-refractivity contribution is 6.32. The molecule has 38 heavy (non-hydrogen) atoms. The van der Waals surface area contributed by atoms with Crippen LogP contribution < -0.4 is 14.8 Å². The van der Waals surface area contributed by atoms with Crippen LogP contribution >= 0.6 is 11.6 Å². The second-order valence-electron chi connectivity index (χ2n) is 8.48. The van der Waals surface area contributed by atoms with E-state index >= 15 is 0 Å². The number of hydrogen-bond donors (Lipinski definition) is 1. The number of amides is 2. The van der Waals surface area contributed by atoms with Gasteiger partial charge in [-0.05, 0) is 53.1 Å². The van der Waals surface area contributed by atoms with E-state index in [1.54, 1.807) is 43.8 Å². The standard InChI is InChI=1S/C30H28ClN3O4/c1-37-25-13-11-23(12-14-25)20-34(28(35)21-38-27-10-6-5-9-26(27)31)29(24-7-3-2-4-8-24)30(36)33-19-22-15-17-32-18-16-22/h2-18,29H,19-21H2,1H3,(H,33,36)/t29-/m1/s1. The molecule has 1 atom stereocenters. The Kier molecular flexibility index (Phi) is 9.32. The molecule has 1 N–H and O–H groups in total. The monoisotopic (exact) mass is 529 g/mol. The molecule has 0 fully saturated rings. The minimum atomic E-state index is -0.900. The van der Waals surface area contributed by atoms with Crippen LogP contribution in [0.5, 0.6) is 11.5 Å². The summed E-state index contributed by atoms with van der Waals surface area (Å²) >= 11 is 6.22. The second-order valence-corrected chi connectivity index (χ2v) is 8.88. The third-order valence-electron chi connectivity index (χ3n) is 5.91. The van der Waals surface area contributed by atoms with Crippen molar-refractivity contribution < 1.29 is 19.1 Å².